The molecule has 0 atom stereocenters. The summed E-state index contributed by atoms with van der Waals surface area (Å²) in [4.78, 5) is 15.0. The average molecular weight is 490 g/mol. The third-order valence-electron chi connectivity index (χ3n) is 5.53. The highest BCUT2D eigenvalue weighted by Gasteiger charge is 2.31. The van der Waals surface area contributed by atoms with Gasteiger partial charge in [0.1, 0.15) is 5.75 Å². The molecule has 0 saturated heterocycles. The van der Waals surface area contributed by atoms with Gasteiger partial charge in [-0.2, -0.15) is 5.10 Å². The van der Waals surface area contributed by atoms with Crippen molar-refractivity contribution in [3.05, 3.63) is 71.1 Å². The fourth-order valence-corrected chi connectivity index (χ4v) is 4.79. The quantitative estimate of drug-likeness (QED) is 0.516. The van der Waals surface area contributed by atoms with Crippen LogP contribution in [-0.2, 0) is 22.9 Å². The molecule has 180 valence electrons. The van der Waals surface area contributed by atoms with E-state index in [2.05, 4.69) is 5.10 Å². The smallest absolute Gasteiger partial charge is 0.258 e. The maximum atomic E-state index is 13.6. The van der Waals surface area contributed by atoms with Gasteiger partial charge in [0, 0.05) is 24.4 Å². The molecule has 0 radical (unpaired) electrons. The fourth-order valence-electron chi connectivity index (χ4n) is 3.71. The normalized spacial score (nSPS) is 13.6. The first-order valence-electron chi connectivity index (χ1n) is 10.8. The predicted molar refractivity (Wildman–Crippen MR) is 122 cm³/mol. The minimum absolute atomic E-state index is 0.0578. The lowest BCUT2D eigenvalue weighted by atomic mass is 10.1. The Balaban J connectivity index is 1.62. The number of nitrogens with zero attached hydrogens (tertiary/aromatic N) is 3. The van der Waals surface area contributed by atoms with Gasteiger partial charge in [0.05, 0.1) is 39.7 Å². The van der Waals surface area contributed by atoms with E-state index in [1.165, 1.54) is 28.9 Å². The number of carbonyl (C=O) groups excluding carboxylic acids is 1. The molecular formula is C24H25F2N3O4S. The van der Waals surface area contributed by atoms with E-state index in [0.717, 1.165) is 17.7 Å². The van der Waals surface area contributed by atoms with E-state index in [1.807, 2.05) is 13.8 Å². The maximum absolute atomic E-state index is 13.6. The van der Waals surface area contributed by atoms with Gasteiger partial charge in [0.2, 0.25) is 0 Å². The van der Waals surface area contributed by atoms with E-state index in [4.69, 9.17) is 4.74 Å². The van der Waals surface area contributed by atoms with E-state index in [1.54, 1.807) is 24.9 Å². The van der Waals surface area contributed by atoms with Gasteiger partial charge in [-0.15, -0.1) is 0 Å². The monoisotopic (exact) mass is 489 g/mol. The first-order valence-corrected chi connectivity index (χ1v) is 12.4. The molecule has 3 aromatic rings. The van der Waals surface area contributed by atoms with Crippen LogP contribution in [0.1, 0.15) is 49.3 Å². The molecule has 10 heteroatoms. The van der Waals surface area contributed by atoms with Crippen LogP contribution in [0.4, 0.5) is 8.78 Å². The number of amides is 1. The molecule has 1 aromatic heterocycles. The Kier molecular flexibility index (Phi) is 6.20. The number of sulfone groups is 1. The van der Waals surface area contributed by atoms with Crippen LogP contribution >= 0.6 is 0 Å². The lowest BCUT2D eigenvalue weighted by Crippen LogP contribution is -2.27. The van der Waals surface area contributed by atoms with Crippen LogP contribution in [-0.4, -0.2) is 40.4 Å². The zero-order valence-electron chi connectivity index (χ0n) is 19.2. The summed E-state index contributed by atoms with van der Waals surface area (Å²) < 4.78 is 59.4. The molecule has 0 N–H and O–H groups in total. The molecule has 4 rings (SSSR count). The molecule has 34 heavy (non-hydrogen) atoms. The lowest BCUT2D eigenvalue weighted by molar-refractivity contribution is 0.0742. The summed E-state index contributed by atoms with van der Waals surface area (Å²) in [6.45, 7) is 7.23. The van der Waals surface area contributed by atoms with Gasteiger partial charge in [-0.1, -0.05) is 0 Å². The molecule has 0 unspecified atom stereocenters. The number of benzene rings is 2. The highest BCUT2D eigenvalue weighted by atomic mass is 32.2. The second-order valence-electron chi connectivity index (χ2n) is 8.72. The lowest BCUT2D eigenvalue weighted by Gasteiger charge is -2.20. The van der Waals surface area contributed by atoms with Crippen molar-refractivity contribution in [2.24, 2.45) is 0 Å². The van der Waals surface area contributed by atoms with Crippen LogP contribution in [0, 0.1) is 11.6 Å². The summed E-state index contributed by atoms with van der Waals surface area (Å²) in [6, 6.07) is 7.83. The van der Waals surface area contributed by atoms with Gasteiger partial charge >= 0.3 is 0 Å². The number of hydrogen-bond donors (Lipinski definition) is 0. The van der Waals surface area contributed by atoms with Gasteiger partial charge in [-0.05, 0) is 58.0 Å². The fraction of sp³-hybridized carbons (Fsp3) is 0.333. The number of fused-ring (bicyclic) bond motifs is 1. The van der Waals surface area contributed by atoms with Crippen molar-refractivity contribution < 1.29 is 26.7 Å². The topological polar surface area (TPSA) is 81.5 Å². The summed E-state index contributed by atoms with van der Waals surface area (Å²) in [5, 5.41) is 3.78. The molecule has 0 saturated carbocycles. The third-order valence-corrected chi connectivity index (χ3v) is 7.68. The van der Waals surface area contributed by atoms with Gasteiger partial charge in [-0.25, -0.2) is 21.9 Å². The number of rotatable bonds is 6. The van der Waals surface area contributed by atoms with Crippen LogP contribution in [0.2, 0.25) is 0 Å². The molecular weight excluding hydrogens is 464 g/mol. The van der Waals surface area contributed by atoms with Crippen molar-refractivity contribution in [1.29, 1.82) is 0 Å². The van der Waals surface area contributed by atoms with E-state index in [0.29, 0.717) is 17.1 Å². The molecule has 2 aromatic carbocycles. The standard InChI is InChI=1S/C24H25F2N3O4S/c1-14(2)33-23-8-6-18(34(31,32)15(3)4)10-19(23)24(30)28-11-16-12-29(27-22(16)13-28)17-5-7-20(25)21(26)9-17/h5-10,12,14-15H,11,13H2,1-4H3. The first-order chi connectivity index (χ1) is 16.0. The second kappa shape index (κ2) is 8.83. The minimum Gasteiger partial charge on any atom is -0.490 e. The summed E-state index contributed by atoms with van der Waals surface area (Å²) in [5.74, 6) is -1.99. The van der Waals surface area contributed by atoms with E-state index in [-0.39, 0.29) is 35.6 Å². The molecule has 0 fully saturated rings. The van der Waals surface area contributed by atoms with E-state index >= 15 is 0 Å². The zero-order chi connectivity index (χ0) is 24.8. The predicted octanol–water partition coefficient (Wildman–Crippen LogP) is 4.28. The Morgan fingerprint density at radius 1 is 1.03 bits per heavy atom. The second-order valence-corrected chi connectivity index (χ2v) is 11.2. The first kappa shape index (κ1) is 23.9. The Morgan fingerprint density at radius 2 is 1.76 bits per heavy atom. The molecule has 0 aliphatic carbocycles. The van der Waals surface area contributed by atoms with Crippen LogP contribution in [0.25, 0.3) is 5.69 Å². The van der Waals surface area contributed by atoms with Crippen LogP contribution in [0.3, 0.4) is 0 Å². The number of aromatic nitrogens is 2. The van der Waals surface area contributed by atoms with Crippen molar-refractivity contribution >= 4 is 15.7 Å². The number of carbonyl (C=O) groups is 1. The number of hydrogen-bond acceptors (Lipinski definition) is 5. The van der Waals surface area contributed by atoms with Gasteiger partial charge in [-0.3, -0.25) is 4.79 Å². The minimum atomic E-state index is -3.59. The highest BCUT2D eigenvalue weighted by Crippen LogP contribution is 2.31. The molecule has 1 aliphatic heterocycles. The molecule has 2 heterocycles. The van der Waals surface area contributed by atoms with Crippen molar-refractivity contribution in [2.45, 2.75) is 57.0 Å². The summed E-state index contributed by atoms with van der Waals surface area (Å²) in [6.07, 6.45) is 1.45. The average Bonchev–Trinajstić information content (AvgIpc) is 3.34. The van der Waals surface area contributed by atoms with Gasteiger partial charge in [0.15, 0.2) is 21.5 Å². The Labute approximate surface area is 196 Å². The maximum Gasteiger partial charge on any atom is 0.258 e. The van der Waals surface area contributed by atoms with Gasteiger partial charge < -0.3 is 9.64 Å². The van der Waals surface area contributed by atoms with Gasteiger partial charge in [0.25, 0.3) is 5.91 Å². The SMILES string of the molecule is CC(C)Oc1ccc(S(=O)(=O)C(C)C)cc1C(=O)N1Cc2cn(-c3ccc(F)c(F)c3)nc2C1. The van der Waals surface area contributed by atoms with Crippen molar-refractivity contribution in [3.8, 4) is 11.4 Å². The van der Waals surface area contributed by atoms with Crippen LogP contribution in [0.5, 0.6) is 5.75 Å². The molecule has 1 amide bonds. The van der Waals surface area contributed by atoms with Crippen LogP contribution in [0.15, 0.2) is 47.5 Å². The summed E-state index contributed by atoms with van der Waals surface area (Å²) in [5.41, 5.74) is 1.91. The number of halogens is 2. The van der Waals surface area contributed by atoms with Crippen LogP contribution < -0.4 is 4.74 Å². The van der Waals surface area contributed by atoms with Crippen molar-refractivity contribution in [1.82, 2.24) is 14.7 Å². The van der Waals surface area contributed by atoms with E-state index in [9.17, 15) is 22.0 Å². The molecule has 0 spiro atoms. The summed E-state index contributed by atoms with van der Waals surface area (Å²) in [7, 11) is -3.59. The molecule has 0 bridgehead atoms. The Hall–Kier alpha value is -3.27. The van der Waals surface area contributed by atoms with E-state index < -0.39 is 26.7 Å². The van der Waals surface area contributed by atoms with Crippen molar-refractivity contribution in [3.63, 3.8) is 0 Å². The zero-order valence-corrected chi connectivity index (χ0v) is 20.1. The Bertz CT molecular complexity index is 1340. The third kappa shape index (κ3) is 4.42. The molecule has 1 aliphatic rings. The summed E-state index contributed by atoms with van der Waals surface area (Å²) >= 11 is 0. The Morgan fingerprint density at radius 3 is 2.38 bits per heavy atom. The largest absolute Gasteiger partial charge is 0.490 e. The molecule has 7 nitrogen and oxygen atoms in total. The number of ether oxygens (including phenoxy) is 1. The van der Waals surface area contributed by atoms with Crippen molar-refractivity contribution in [2.75, 3.05) is 0 Å². The highest BCUT2D eigenvalue weighted by molar-refractivity contribution is 7.92.